The van der Waals surface area contributed by atoms with Gasteiger partial charge in [-0.15, -0.1) is 0 Å². The molecule has 7 aromatic rings. The van der Waals surface area contributed by atoms with Gasteiger partial charge >= 0.3 is 6.03 Å². The van der Waals surface area contributed by atoms with Crippen LogP contribution in [0.2, 0.25) is 0 Å². The lowest BCUT2D eigenvalue weighted by atomic mass is 9.77. The molecule has 1 heterocycles. The molecule has 3 amide bonds. The largest absolute Gasteiger partial charge is 0.530 e. The summed E-state index contributed by atoms with van der Waals surface area (Å²) in [5.41, 5.74) is 5.16. The molecule has 298 valence electrons. The van der Waals surface area contributed by atoms with Crippen LogP contribution in [-0.4, -0.2) is 53.0 Å². The zero-order valence-electron chi connectivity index (χ0n) is 33.0. The zero-order valence-corrected chi connectivity index (χ0v) is 33.0. The molecular weight excluding hydrogens is 735 g/mol. The minimum Gasteiger partial charge on any atom is -0.530 e. The number of nitrogens with one attached hydrogen (secondary N) is 4. The van der Waals surface area contributed by atoms with Crippen LogP contribution in [0.25, 0.3) is 0 Å². The first kappa shape index (κ1) is 40.0. The van der Waals surface area contributed by atoms with Gasteiger partial charge < -0.3 is 30.8 Å². The highest BCUT2D eigenvalue weighted by Gasteiger charge is 2.38. The summed E-state index contributed by atoms with van der Waals surface area (Å²) < 4.78 is 1.71. The van der Waals surface area contributed by atoms with Crippen LogP contribution >= 0.6 is 0 Å². The second-order valence-corrected chi connectivity index (χ2v) is 14.3. The average Bonchev–Trinajstić information content (AvgIpc) is 3.63. The normalized spacial score (nSPS) is 11.4. The van der Waals surface area contributed by atoms with Crippen LogP contribution < -0.4 is 26.4 Å². The van der Waals surface area contributed by atoms with Crippen LogP contribution in [0, 0.1) is 0 Å². The lowest BCUT2D eigenvalue weighted by Crippen LogP contribution is -2.47. The number of aryl methyl sites for hydroxylation is 1. The molecule has 1 aromatic heterocycles. The molecule has 0 aliphatic carbocycles. The predicted molar refractivity (Wildman–Crippen MR) is 232 cm³/mol. The third kappa shape index (κ3) is 8.88. The molecule has 0 aliphatic rings. The smallest absolute Gasteiger partial charge is 0.322 e. The third-order valence-corrected chi connectivity index (χ3v) is 10.7. The molecule has 7 rings (SSSR count). The molecule has 0 fully saturated rings. The van der Waals surface area contributed by atoms with E-state index in [1.165, 1.54) is 0 Å². The minimum atomic E-state index is -1.40. The van der Waals surface area contributed by atoms with Crippen LogP contribution in [0.5, 0.6) is 0 Å². The van der Waals surface area contributed by atoms with E-state index in [-0.39, 0.29) is 13.1 Å². The summed E-state index contributed by atoms with van der Waals surface area (Å²) in [6.07, 6.45) is 0.784. The molecule has 6 aromatic carbocycles. The summed E-state index contributed by atoms with van der Waals surface area (Å²) >= 11 is 0. The number of rotatable bonds is 17. The lowest BCUT2D eigenvalue weighted by molar-refractivity contribution is -0.250. The van der Waals surface area contributed by atoms with Crippen molar-refractivity contribution in [2.24, 2.45) is 7.05 Å². The summed E-state index contributed by atoms with van der Waals surface area (Å²) in [4.78, 5) is 27.3. The van der Waals surface area contributed by atoms with Crippen molar-refractivity contribution in [2.45, 2.75) is 17.5 Å². The van der Waals surface area contributed by atoms with E-state index in [0.29, 0.717) is 31.0 Å². The number of carbonyl (C=O) groups excluding carboxylic acids is 2. The Morgan fingerprint density at radius 3 is 1.36 bits per heavy atom. The molecule has 0 saturated carbocycles. The fourth-order valence-corrected chi connectivity index (χ4v) is 7.85. The standard InChI is InChI=1S/C49H49N7O3/c1-55-45(54-49(41-27-14-5-15-28-41,42-29-16-6-17-30-42)43-31-18-7-19-32-43)44(37-52-55)53-46(57)56(36-34-50-47(58)59)35-20-33-51-48(38-21-8-2-9-22-38,39-23-10-3-11-24-39)40-25-12-4-13-26-40/h2-19,21-32,37,50-51,54H,20,33-36H2,1H3,(H,53,57)(H,58,59)/p-1. The Morgan fingerprint density at radius 2 is 0.966 bits per heavy atom. The number of amides is 3. The summed E-state index contributed by atoms with van der Waals surface area (Å²) in [5, 5.41) is 29.1. The molecule has 10 heteroatoms. The van der Waals surface area contributed by atoms with Gasteiger partial charge in [-0.1, -0.05) is 182 Å². The van der Waals surface area contributed by atoms with Gasteiger partial charge in [-0.25, -0.2) is 4.79 Å². The zero-order chi connectivity index (χ0) is 40.9. The molecule has 0 aliphatic heterocycles. The van der Waals surface area contributed by atoms with Crippen molar-refractivity contribution in [1.82, 2.24) is 25.3 Å². The number of nitrogens with zero attached hydrogens (tertiary/aromatic N) is 3. The SMILES string of the molecule is Cn1ncc(NC(=O)N(CCCNC(c2ccccc2)(c2ccccc2)c2ccccc2)CCNC(=O)[O-])c1NC(c1ccccc1)(c1ccccc1)c1ccccc1. The molecule has 0 atom stereocenters. The highest BCUT2D eigenvalue weighted by molar-refractivity contribution is 5.92. The van der Waals surface area contributed by atoms with E-state index >= 15 is 0 Å². The van der Waals surface area contributed by atoms with Crippen molar-refractivity contribution in [2.75, 3.05) is 36.8 Å². The van der Waals surface area contributed by atoms with Crippen LogP contribution in [0.4, 0.5) is 21.1 Å². The van der Waals surface area contributed by atoms with Gasteiger partial charge in [0, 0.05) is 26.7 Å². The van der Waals surface area contributed by atoms with Crippen LogP contribution in [0.1, 0.15) is 39.8 Å². The van der Waals surface area contributed by atoms with Gasteiger partial charge in [-0.05, 0) is 46.3 Å². The van der Waals surface area contributed by atoms with Gasteiger partial charge in [0.25, 0.3) is 0 Å². The van der Waals surface area contributed by atoms with Crippen molar-refractivity contribution in [3.8, 4) is 0 Å². The van der Waals surface area contributed by atoms with Gasteiger partial charge in [0.1, 0.15) is 23.1 Å². The van der Waals surface area contributed by atoms with Gasteiger partial charge in [0.05, 0.1) is 11.7 Å². The maximum atomic E-state index is 14.3. The highest BCUT2D eigenvalue weighted by atomic mass is 16.4. The summed E-state index contributed by atoms with van der Waals surface area (Å²) in [6.45, 7) is 0.977. The summed E-state index contributed by atoms with van der Waals surface area (Å²) in [5.74, 6) is 0.586. The topological polar surface area (TPSA) is 126 Å². The van der Waals surface area contributed by atoms with Crippen molar-refractivity contribution in [3.63, 3.8) is 0 Å². The maximum absolute atomic E-state index is 14.3. The summed E-state index contributed by atoms with van der Waals surface area (Å²) in [7, 11) is 1.83. The van der Waals surface area contributed by atoms with Crippen LogP contribution in [0.3, 0.4) is 0 Å². The lowest BCUT2D eigenvalue weighted by Gasteiger charge is -2.38. The van der Waals surface area contributed by atoms with Crippen LogP contribution in [-0.2, 0) is 18.1 Å². The quantitative estimate of drug-likeness (QED) is 0.0558. The molecular formula is C49H48N7O3-. The Hall–Kier alpha value is -7.17. The highest BCUT2D eigenvalue weighted by Crippen LogP contribution is 2.42. The van der Waals surface area contributed by atoms with E-state index in [1.54, 1.807) is 15.8 Å². The predicted octanol–water partition coefficient (Wildman–Crippen LogP) is 7.56. The van der Waals surface area contributed by atoms with Gasteiger partial charge in [-0.3, -0.25) is 10.00 Å². The molecule has 0 bridgehead atoms. The van der Waals surface area contributed by atoms with E-state index in [9.17, 15) is 14.7 Å². The fourth-order valence-electron chi connectivity index (χ4n) is 7.85. The van der Waals surface area contributed by atoms with Crippen molar-refractivity contribution in [3.05, 3.63) is 222 Å². The number of carboxylic acid groups (broad SMARTS) is 1. The number of aromatic nitrogens is 2. The number of anilines is 2. The molecule has 10 nitrogen and oxygen atoms in total. The minimum absolute atomic E-state index is 0.00243. The number of benzene rings is 6. The first-order valence-corrected chi connectivity index (χ1v) is 19.8. The van der Waals surface area contributed by atoms with E-state index in [1.807, 2.05) is 116 Å². The van der Waals surface area contributed by atoms with E-state index < -0.39 is 23.2 Å². The number of hydrogen-bond donors (Lipinski definition) is 4. The third-order valence-electron chi connectivity index (χ3n) is 10.7. The molecule has 0 spiro atoms. The second-order valence-electron chi connectivity index (χ2n) is 14.3. The first-order chi connectivity index (χ1) is 28.9. The van der Waals surface area contributed by atoms with E-state index in [2.05, 4.69) is 99.2 Å². The molecule has 0 unspecified atom stereocenters. The second kappa shape index (κ2) is 18.8. The molecule has 59 heavy (non-hydrogen) atoms. The Kier molecular flexibility index (Phi) is 12.8. The van der Waals surface area contributed by atoms with E-state index in [0.717, 1.165) is 33.4 Å². The Labute approximate surface area is 345 Å². The van der Waals surface area contributed by atoms with Crippen molar-refractivity contribution in [1.29, 1.82) is 0 Å². The van der Waals surface area contributed by atoms with Crippen molar-refractivity contribution < 1.29 is 14.7 Å². The first-order valence-electron chi connectivity index (χ1n) is 19.8. The maximum Gasteiger partial charge on any atom is 0.322 e. The molecule has 0 radical (unpaired) electrons. The van der Waals surface area contributed by atoms with Gasteiger partial charge in [0.15, 0.2) is 0 Å². The van der Waals surface area contributed by atoms with Crippen molar-refractivity contribution >= 4 is 23.6 Å². The monoisotopic (exact) mass is 782 g/mol. The average molecular weight is 783 g/mol. The van der Waals surface area contributed by atoms with E-state index in [4.69, 9.17) is 0 Å². The molecule has 4 N–H and O–H groups in total. The van der Waals surface area contributed by atoms with Gasteiger partial charge in [-0.2, -0.15) is 5.10 Å². The Bertz CT molecular complexity index is 2190. The Morgan fingerprint density at radius 1 is 0.576 bits per heavy atom. The number of carbonyl (C=O) groups is 2. The number of urea groups is 1. The van der Waals surface area contributed by atoms with Gasteiger partial charge in [0.2, 0.25) is 0 Å². The van der Waals surface area contributed by atoms with Crippen LogP contribution in [0.15, 0.2) is 188 Å². The molecule has 0 saturated heterocycles. The fraction of sp³-hybridized carbons (Fsp3) is 0.163. The summed E-state index contributed by atoms with van der Waals surface area (Å²) in [6, 6.07) is 61.2. The number of hydrogen-bond acceptors (Lipinski definition) is 6. The Balaban J connectivity index is 1.17.